The van der Waals surface area contributed by atoms with Gasteiger partial charge in [0.1, 0.15) is 12.6 Å². The number of hydrogen-bond acceptors (Lipinski definition) is 4. The van der Waals surface area contributed by atoms with Gasteiger partial charge in [-0.3, -0.25) is 14.4 Å². The first-order valence-corrected chi connectivity index (χ1v) is 7.19. The number of carbonyl (C=O) groups excluding carboxylic acids is 3. The fourth-order valence-electron chi connectivity index (χ4n) is 2.75. The van der Waals surface area contributed by atoms with E-state index in [0.29, 0.717) is 16.3 Å². The molecule has 0 bridgehead atoms. The van der Waals surface area contributed by atoms with Crippen LogP contribution in [0.3, 0.4) is 0 Å². The molecule has 0 radical (unpaired) electrons. The fraction of sp³-hybridized carbons (Fsp3) is 0.357. The topological polar surface area (TPSA) is 90.0 Å². The van der Waals surface area contributed by atoms with E-state index in [1.807, 2.05) is 0 Å². The van der Waals surface area contributed by atoms with Crippen molar-refractivity contribution in [2.75, 3.05) is 31.6 Å². The Kier molecular flexibility index (Phi) is 3.76. The summed E-state index contributed by atoms with van der Waals surface area (Å²) >= 11 is 5.90. The molecule has 2 aliphatic rings. The Hall–Kier alpha value is -2.12. The Bertz CT molecular complexity index is 663. The Balaban J connectivity index is 1.94. The van der Waals surface area contributed by atoms with Crippen molar-refractivity contribution < 1.29 is 19.5 Å². The van der Waals surface area contributed by atoms with Crippen LogP contribution in [0.25, 0.3) is 0 Å². The molecule has 1 atom stereocenters. The van der Waals surface area contributed by atoms with Crippen LogP contribution in [0.2, 0.25) is 5.02 Å². The molecule has 0 saturated carbocycles. The number of carbonyl (C=O) groups is 3. The van der Waals surface area contributed by atoms with Gasteiger partial charge in [-0.2, -0.15) is 0 Å². The van der Waals surface area contributed by atoms with Crippen molar-refractivity contribution in [1.82, 2.24) is 9.80 Å². The third-order valence-corrected chi connectivity index (χ3v) is 4.14. The lowest BCUT2D eigenvalue weighted by molar-refractivity contribution is -0.138. The molecule has 2 aliphatic heterocycles. The summed E-state index contributed by atoms with van der Waals surface area (Å²) < 4.78 is 0. The number of rotatable bonds is 1. The Morgan fingerprint density at radius 3 is 2.86 bits per heavy atom. The molecule has 2 heterocycles. The smallest absolute Gasteiger partial charge is 0.256 e. The molecular formula is C14H14ClN3O4. The Labute approximate surface area is 131 Å². The highest BCUT2D eigenvalue weighted by molar-refractivity contribution is 6.31. The van der Waals surface area contributed by atoms with Crippen LogP contribution in [0.4, 0.5) is 5.69 Å². The first-order chi connectivity index (χ1) is 10.5. The number of nitrogens with zero attached hydrogens (tertiary/aromatic N) is 2. The minimum atomic E-state index is -0.775. The molecule has 1 aromatic carbocycles. The summed E-state index contributed by atoms with van der Waals surface area (Å²) in [5.74, 6) is -1.10. The minimum absolute atomic E-state index is 0.0681. The van der Waals surface area contributed by atoms with E-state index >= 15 is 0 Å². The van der Waals surface area contributed by atoms with E-state index in [1.54, 1.807) is 12.1 Å². The van der Waals surface area contributed by atoms with Gasteiger partial charge in [0.2, 0.25) is 11.8 Å². The second-order valence-electron chi connectivity index (χ2n) is 5.19. The van der Waals surface area contributed by atoms with Gasteiger partial charge in [-0.25, -0.2) is 0 Å². The Morgan fingerprint density at radius 2 is 2.14 bits per heavy atom. The lowest BCUT2D eigenvalue weighted by atomic mass is 10.1. The van der Waals surface area contributed by atoms with Crippen LogP contribution in [-0.4, -0.2) is 64.9 Å². The van der Waals surface area contributed by atoms with Crippen LogP contribution in [0.1, 0.15) is 10.4 Å². The molecule has 8 heteroatoms. The molecule has 1 saturated heterocycles. The number of fused-ring (bicyclic) bond motifs is 2. The molecule has 1 fully saturated rings. The summed E-state index contributed by atoms with van der Waals surface area (Å²) in [6, 6.07) is 3.93. The SMILES string of the molecule is O=C1Nc2cc(Cl)ccc2C(=O)N2CCN(C(=O)CO)CC12. The average Bonchev–Trinajstić information content (AvgIpc) is 2.62. The van der Waals surface area contributed by atoms with Gasteiger partial charge in [-0.15, -0.1) is 0 Å². The zero-order valence-electron chi connectivity index (χ0n) is 11.6. The first kappa shape index (κ1) is 14.8. The number of benzene rings is 1. The molecule has 0 aliphatic carbocycles. The number of hydrogen-bond donors (Lipinski definition) is 2. The van der Waals surface area contributed by atoms with E-state index in [1.165, 1.54) is 15.9 Å². The number of nitrogens with one attached hydrogen (secondary N) is 1. The second-order valence-corrected chi connectivity index (χ2v) is 5.63. The maximum atomic E-state index is 12.6. The van der Waals surface area contributed by atoms with Crippen LogP contribution in [-0.2, 0) is 9.59 Å². The lowest BCUT2D eigenvalue weighted by Crippen LogP contribution is -2.59. The molecule has 1 aromatic rings. The maximum absolute atomic E-state index is 12.6. The monoisotopic (exact) mass is 323 g/mol. The number of amides is 3. The molecule has 0 aromatic heterocycles. The highest BCUT2D eigenvalue weighted by atomic mass is 35.5. The third kappa shape index (κ3) is 2.42. The molecule has 3 amide bonds. The first-order valence-electron chi connectivity index (χ1n) is 6.81. The van der Waals surface area contributed by atoms with Gasteiger partial charge >= 0.3 is 0 Å². The molecule has 1 unspecified atom stereocenters. The van der Waals surface area contributed by atoms with Gasteiger partial charge < -0.3 is 20.2 Å². The van der Waals surface area contributed by atoms with Crippen LogP contribution < -0.4 is 5.32 Å². The van der Waals surface area contributed by atoms with Crippen molar-refractivity contribution in [3.8, 4) is 0 Å². The predicted octanol–water partition coefficient (Wildman–Crippen LogP) is -0.0626. The van der Waals surface area contributed by atoms with E-state index < -0.39 is 18.6 Å². The maximum Gasteiger partial charge on any atom is 0.256 e. The minimum Gasteiger partial charge on any atom is -0.387 e. The van der Waals surface area contributed by atoms with Crippen molar-refractivity contribution >= 4 is 35.0 Å². The standard InChI is InChI=1S/C14H14ClN3O4/c15-8-1-2-9-10(5-8)16-13(21)11-6-17(12(20)7-19)3-4-18(11)14(9)22/h1-2,5,11,19H,3-4,6-7H2,(H,16,21). The van der Waals surface area contributed by atoms with Crippen LogP contribution in [0.15, 0.2) is 18.2 Å². The van der Waals surface area contributed by atoms with Crippen molar-refractivity contribution in [2.24, 2.45) is 0 Å². The zero-order valence-corrected chi connectivity index (χ0v) is 12.3. The van der Waals surface area contributed by atoms with Gasteiger partial charge in [0.05, 0.1) is 17.8 Å². The summed E-state index contributed by atoms with van der Waals surface area (Å²) in [4.78, 5) is 39.4. The number of piperazine rings is 1. The lowest BCUT2D eigenvalue weighted by Gasteiger charge is -2.39. The van der Waals surface area contributed by atoms with Crippen LogP contribution in [0, 0.1) is 0 Å². The van der Waals surface area contributed by atoms with Crippen molar-refractivity contribution in [3.05, 3.63) is 28.8 Å². The van der Waals surface area contributed by atoms with E-state index in [4.69, 9.17) is 16.7 Å². The third-order valence-electron chi connectivity index (χ3n) is 3.90. The quantitative estimate of drug-likeness (QED) is 0.757. The van der Waals surface area contributed by atoms with E-state index in [0.717, 1.165) is 0 Å². The number of anilines is 1. The van der Waals surface area contributed by atoms with E-state index in [2.05, 4.69) is 5.32 Å². The van der Waals surface area contributed by atoms with Crippen LogP contribution in [0.5, 0.6) is 0 Å². The van der Waals surface area contributed by atoms with Gasteiger partial charge in [0, 0.05) is 18.1 Å². The molecule has 0 spiro atoms. The van der Waals surface area contributed by atoms with Crippen molar-refractivity contribution in [3.63, 3.8) is 0 Å². The summed E-state index contributed by atoms with van der Waals surface area (Å²) in [5.41, 5.74) is 0.749. The molecule has 3 rings (SSSR count). The highest BCUT2D eigenvalue weighted by Gasteiger charge is 2.40. The molecular weight excluding hydrogens is 310 g/mol. The normalized spacial score (nSPS) is 20.9. The van der Waals surface area contributed by atoms with Gasteiger partial charge in [0.25, 0.3) is 5.91 Å². The summed E-state index contributed by atoms with van der Waals surface area (Å²) in [5, 5.41) is 12.0. The highest BCUT2D eigenvalue weighted by Crippen LogP contribution is 2.27. The molecule has 7 nitrogen and oxygen atoms in total. The average molecular weight is 324 g/mol. The predicted molar refractivity (Wildman–Crippen MR) is 78.6 cm³/mol. The zero-order chi connectivity index (χ0) is 15.9. The number of aliphatic hydroxyl groups excluding tert-OH is 1. The van der Waals surface area contributed by atoms with Crippen molar-refractivity contribution in [1.29, 1.82) is 0 Å². The Morgan fingerprint density at radius 1 is 1.36 bits per heavy atom. The van der Waals surface area contributed by atoms with Crippen molar-refractivity contribution in [2.45, 2.75) is 6.04 Å². The van der Waals surface area contributed by atoms with Gasteiger partial charge in [0.15, 0.2) is 0 Å². The van der Waals surface area contributed by atoms with Gasteiger partial charge in [-0.1, -0.05) is 11.6 Å². The van der Waals surface area contributed by atoms with E-state index in [-0.39, 0.29) is 31.4 Å². The molecule has 2 N–H and O–H groups in total. The number of halogens is 1. The summed E-state index contributed by atoms with van der Waals surface area (Å²) in [6.07, 6.45) is 0. The molecule has 116 valence electrons. The summed E-state index contributed by atoms with van der Waals surface area (Å²) in [7, 11) is 0. The summed E-state index contributed by atoms with van der Waals surface area (Å²) in [6.45, 7) is -0.0145. The van der Waals surface area contributed by atoms with Gasteiger partial charge in [-0.05, 0) is 18.2 Å². The molecule has 22 heavy (non-hydrogen) atoms. The number of aliphatic hydroxyl groups is 1. The van der Waals surface area contributed by atoms with Crippen LogP contribution >= 0.6 is 11.6 Å². The van der Waals surface area contributed by atoms with E-state index in [9.17, 15) is 14.4 Å². The fourth-order valence-corrected chi connectivity index (χ4v) is 2.93. The largest absolute Gasteiger partial charge is 0.387 e. The second kappa shape index (κ2) is 5.58.